The molecule has 2 aromatic rings. The van der Waals surface area contributed by atoms with Gasteiger partial charge in [-0.2, -0.15) is 0 Å². The van der Waals surface area contributed by atoms with E-state index >= 15 is 0 Å². The summed E-state index contributed by atoms with van der Waals surface area (Å²) in [7, 11) is 0. The predicted molar refractivity (Wildman–Crippen MR) is 80.1 cm³/mol. The van der Waals surface area contributed by atoms with Crippen molar-refractivity contribution in [1.29, 1.82) is 0 Å². The van der Waals surface area contributed by atoms with E-state index in [4.69, 9.17) is 5.84 Å². The average molecular weight is 272 g/mol. The van der Waals surface area contributed by atoms with Crippen molar-refractivity contribution in [1.82, 2.24) is 0 Å². The minimum atomic E-state index is -0.450. The van der Waals surface area contributed by atoms with Gasteiger partial charge in [-0.15, -0.1) is 0 Å². The van der Waals surface area contributed by atoms with E-state index in [0.29, 0.717) is 11.4 Å². The monoisotopic (exact) mass is 272 g/mol. The number of rotatable bonds is 4. The number of non-ortho nitro benzene ring substituents is 1. The fourth-order valence-electron chi connectivity index (χ4n) is 1.98. The second-order valence-electron chi connectivity index (χ2n) is 4.61. The number of hydrogen-bond acceptors (Lipinski definition) is 5. The van der Waals surface area contributed by atoms with Crippen LogP contribution in [-0.2, 0) is 0 Å². The highest BCUT2D eigenvalue weighted by atomic mass is 16.6. The zero-order valence-corrected chi connectivity index (χ0v) is 11.3. The summed E-state index contributed by atoms with van der Waals surface area (Å²) in [5, 5.41) is 14.1. The molecular formula is C14H16N4O2. The van der Waals surface area contributed by atoms with Crippen molar-refractivity contribution in [2.45, 2.75) is 13.8 Å². The smallest absolute Gasteiger partial charge is 0.273 e. The van der Waals surface area contributed by atoms with Gasteiger partial charge in [0.2, 0.25) is 0 Å². The van der Waals surface area contributed by atoms with Crippen LogP contribution in [0.2, 0.25) is 0 Å². The lowest BCUT2D eigenvalue weighted by molar-refractivity contribution is -0.384. The molecule has 0 bridgehead atoms. The minimum Gasteiger partial charge on any atom is -0.355 e. The van der Waals surface area contributed by atoms with Crippen molar-refractivity contribution in [2.24, 2.45) is 5.84 Å². The van der Waals surface area contributed by atoms with Crippen LogP contribution in [0.4, 0.5) is 22.7 Å². The van der Waals surface area contributed by atoms with Crippen molar-refractivity contribution in [3.8, 4) is 0 Å². The Morgan fingerprint density at radius 3 is 2.40 bits per heavy atom. The number of hydrazine groups is 1. The molecule has 0 amide bonds. The number of aryl methyl sites for hydroxylation is 2. The minimum absolute atomic E-state index is 0.0206. The Morgan fingerprint density at radius 1 is 1.10 bits per heavy atom. The van der Waals surface area contributed by atoms with Gasteiger partial charge in [-0.1, -0.05) is 17.7 Å². The van der Waals surface area contributed by atoms with Gasteiger partial charge in [0.25, 0.3) is 5.69 Å². The number of nitro benzene ring substituents is 1. The fourth-order valence-corrected chi connectivity index (χ4v) is 1.98. The van der Waals surface area contributed by atoms with Gasteiger partial charge in [0.05, 0.1) is 10.6 Å². The van der Waals surface area contributed by atoms with E-state index in [1.807, 2.05) is 32.0 Å². The Balaban J connectivity index is 2.37. The standard InChI is InChI=1S/C14H16N4O2/c1-9-3-4-14(10(2)5-9)16-11-6-12(17-15)8-13(7-11)18(19)20/h3-8,16-17H,15H2,1-2H3. The SMILES string of the molecule is Cc1ccc(Nc2cc(NN)cc([N+](=O)[O-])c2)c(C)c1. The Labute approximate surface area is 116 Å². The van der Waals surface area contributed by atoms with Gasteiger partial charge >= 0.3 is 0 Å². The molecule has 0 aliphatic rings. The highest BCUT2D eigenvalue weighted by Gasteiger charge is 2.10. The Kier molecular flexibility index (Phi) is 3.86. The first-order valence-corrected chi connectivity index (χ1v) is 6.10. The van der Waals surface area contributed by atoms with E-state index in [1.54, 1.807) is 6.07 Å². The zero-order chi connectivity index (χ0) is 14.7. The molecule has 2 rings (SSSR count). The third kappa shape index (κ3) is 3.04. The zero-order valence-electron chi connectivity index (χ0n) is 11.3. The van der Waals surface area contributed by atoms with Crippen LogP contribution in [0.5, 0.6) is 0 Å². The number of nitro groups is 1. The molecule has 0 heterocycles. The molecule has 104 valence electrons. The van der Waals surface area contributed by atoms with E-state index in [9.17, 15) is 10.1 Å². The lowest BCUT2D eigenvalue weighted by Gasteiger charge is -2.11. The van der Waals surface area contributed by atoms with Crippen molar-refractivity contribution < 1.29 is 4.92 Å². The van der Waals surface area contributed by atoms with Crippen molar-refractivity contribution >= 4 is 22.7 Å². The summed E-state index contributed by atoms with van der Waals surface area (Å²) in [4.78, 5) is 10.4. The van der Waals surface area contributed by atoms with Crippen molar-refractivity contribution in [3.63, 3.8) is 0 Å². The van der Waals surface area contributed by atoms with Crippen LogP contribution in [0.25, 0.3) is 0 Å². The second kappa shape index (κ2) is 5.58. The van der Waals surface area contributed by atoms with Crippen LogP contribution in [0.1, 0.15) is 11.1 Å². The first-order valence-electron chi connectivity index (χ1n) is 6.10. The third-order valence-corrected chi connectivity index (χ3v) is 2.96. The highest BCUT2D eigenvalue weighted by Crippen LogP contribution is 2.27. The Bertz CT molecular complexity index is 656. The summed E-state index contributed by atoms with van der Waals surface area (Å²) in [5.41, 5.74) is 6.63. The summed E-state index contributed by atoms with van der Waals surface area (Å²) < 4.78 is 0. The number of nitrogens with zero attached hydrogens (tertiary/aromatic N) is 1. The number of benzene rings is 2. The van der Waals surface area contributed by atoms with Crippen molar-refractivity contribution in [3.05, 3.63) is 57.6 Å². The topological polar surface area (TPSA) is 93.2 Å². The molecule has 0 radical (unpaired) electrons. The molecule has 2 aromatic carbocycles. The summed E-state index contributed by atoms with van der Waals surface area (Å²) in [6.07, 6.45) is 0. The van der Waals surface area contributed by atoms with Crippen LogP contribution in [0, 0.1) is 24.0 Å². The lowest BCUT2D eigenvalue weighted by Crippen LogP contribution is -2.07. The van der Waals surface area contributed by atoms with E-state index in [0.717, 1.165) is 16.8 Å². The maximum Gasteiger partial charge on any atom is 0.273 e. The van der Waals surface area contributed by atoms with Crippen LogP contribution in [0.15, 0.2) is 36.4 Å². The molecule has 0 saturated heterocycles. The van der Waals surface area contributed by atoms with Gasteiger partial charge in [-0.25, -0.2) is 0 Å². The van der Waals surface area contributed by atoms with Gasteiger partial charge in [0.1, 0.15) is 0 Å². The number of nitrogens with two attached hydrogens (primary N) is 1. The quantitative estimate of drug-likeness (QED) is 0.451. The molecule has 4 N–H and O–H groups in total. The van der Waals surface area contributed by atoms with Crippen LogP contribution >= 0.6 is 0 Å². The van der Waals surface area contributed by atoms with Gasteiger partial charge in [0, 0.05) is 23.5 Å². The Morgan fingerprint density at radius 2 is 1.80 bits per heavy atom. The predicted octanol–water partition coefficient (Wildman–Crippen LogP) is 3.24. The van der Waals surface area contributed by atoms with E-state index < -0.39 is 4.92 Å². The number of hydrogen-bond donors (Lipinski definition) is 3. The van der Waals surface area contributed by atoms with Gasteiger partial charge in [0.15, 0.2) is 0 Å². The van der Waals surface area contributed by atoms with E-state index in [-0.39, 0.29) is 5.69 Å². The van der Waals surface area contributed by atoms with E-state index in [1.165, 1.54) is 12.1 Å². The van der Waals surface area contributed by atoms with Crippen LogP contribution in [-0.4, -0.2) is 4.92 Å². The largest absolute Gasteiger partial charge is 0.355 e. The summed E-state index contributed by atoms with van der Waals surface area (Å²) in [6, 6.07) is 10.5. The van der Waals surface area contributed by atoms with Crippen LogP contribution < -0.4 is 16.6 Å². The molecule has 0 unspecified atom stereocenters. The molecule has 0 saturated carbocycles. The average Bonchev–Trinajstić information content (AvgIpc) is 2.41. The molecule has 6 heteroatoms. The third-order valence-electron chi connectivity index (χ3n) is 2.96. The summed E-state index contributed by atoms with van der Waals surface area (Å²) >= 11 is 0. The first-order chi connectivity index (χ1) is 9.49. The number of anilines is 3. The number of nitrogens with one attached hydrogen (secondary N) is 2. The van der Waals surface area contributed by atoms with Gasteiger partial charge in [-0.3, -0.25) is 16.0 Å². The molecule has 6 nitrogen and oxygen atoms in total. The molecule has 0 aliphatic heterocycles. The molecule has 0 aromatic heterocycles. The van der Waals surface area contributed by atoms with Gasteiger partial charge < -0.3 is 10.7 Å². The molecule has 20 heavy (non-hydrogen) atoms. The second-order valence-corrected chi connectivity index (χ2v) is 4.61. The van der Waals surface area contributed by atoms with Gasteiger partial charge in [-0.05, 0) is 31.5 Å². The maximum absolute atomic E-state index is 10.9. The maximum atomic E-state index is 10.9. The Hall–Kier alpha value is -2.60. The number of nitrogen functional groups attached to an aromatic ring is 1. The van der Waals surface area contributed by atoms with Crippen molar-refractivity contribution in [2.75, 3.05) is 10.7 Å². The fraction of sp³-hybridized carbons (Fsp3) is 0.143. The molecule has 0 atom stereocenters. The molecule has 0 fully saturated rings. The first kappa shape index (κ1) is 13.8. The normalized spacial score (nSPS) is 10.2. The molecular weight excluding hydrogens is 256 g/mol. The lowest BCUT2D eigenvalue weighted by atomic mass is 10.1. The molecule has 0 spiro atoms. The van der Waals surface area contributed by atoms with Crippen LogP contribution in [0.3, 0.4) is 0 Å². The van der Waals surface area contributed by atoms with E-state index in [2.05, 4.69) is 10.7 Å². The molecule has 0 aliphatic carbocycles. The summed E-state index contributed by atoms with van der Waals surface area (Å²) in [6.45, 7) is 4.00. The highest BCUT2D eigenvalue weighted by molar-refractivity contribution is 5.70. The summed E-state index contributed by atoms with van der Waals surface area (Å²) in [5.74, 6) is 5.33.